The fraction of sp³-hybridized carbons (Fsp3) is 0.200. The van der Waals surface area contributed by atoms with E-state index in [1.165, 1.54) is 24.3 Å². The van der Waals surface area contributed by atoms with E-state index >= 15 is 0 Å². The molecule has 0 bridgehead atoms. The first-order valence-corrected chi connectivity index (χ1v) is 6.54. The molecule has 122 valence electrons. The SMILES string of the molecule is CN(c1ccc(OCC(F)(F)F)cc1)c1ccc([N+](=O)[O-])cc1. The average molecular weight is 326 g/mol. The number of benzene rings is 2. The number of halogens is 3. The molecule has 2 aromatic rings. The van der Waals surface area contributed by atoms with Crippen molar-refractivity contribution in [3.05, 3.63) is 58.6 Å². The summed E-state index contributed by atoms with van der Waals surface area (Å²) in [5.41, 5.74) is 1.40. The van der Waals surface area contributed by atoms with Crippen molar-refractivity contribution in [1.29, 1.82) is 0 Å². The third kappa shape index (κ3) is 4.60. The Labute approximate surface area is 130 Å². The second-order valence-electron chi connectivity index (χ2n) is 4.73. The molecular formula is C15H13F3N2O3. The van der Waals surface area contributed by atoms with Gasteiger partial charge in [0.25, 0.3) is 5.69 Å². The lowest BCUT2D eigenvalue weighted by atomic mass is 10.2. The number of hydrogen-bond donors (Lipinski definition) is 0. The molecule has 0 heterocycles. The van der Waals surface area contributed by atoms with Crippen LogP contribution in [0.2, 0.25) is 0 Å². The highest BCUT2D eigenvalue weighted by Gasteiger charge is 2.28. The van der Waals surface area contributed by atoms with Crippen LogP contribution in [0.4, 0.5) is 30.2 Å². The molecule has 0 aliphatic rings. The van der Waals surface area contributed by atoms with Gasteiger partial charge < -0.3 is 9.64 Å². The van der Waals surface area contributed by atoms with Crippen molar-refractivity contribution >= 4 is 17.1 Å². The molecule has 2 aromatic carbocycles. The Kier molecular flexibility index (Phi) is 4.73. The molecule has 0 aliphatic heterocycles. The molecule has 0 aliphatic carbocycles. The molecule has 0 aromatic heterocycles. The smallest absolute Gasteiger partial charge is 0.422 e. The fourth-order valence-electron chi connectivity index (χ4n) is 1.88. The Morgan fingerprint density at radius 2 is 1.52 bits per heavy atom. The Morgan fingerprint density at radius 3 is 1.96 bits per heavy atom. The summed E-state index contributed by atoms with van der Waals surface area (Å²) in [6.07, 6.45) is -4.38. The standard InChI is InChI=1S/C15H13F3N2O3/c1-19(11-2-4-13(5-3-11)20(21)22)12-6-8-14(9-7-12)23-10-15(16,17)18/h2-9H,10H2,1H3. The highest BCUT2D eigenvalue weighted by atomic mass is 19.4. The maximum absolute atomic E-state index is 12.1. The largest absolute Gasteiger partial charge is 0.484 e. The lowest BCUT2D eigenvalue weighted by molar-refractivity contribution is -0.384. The second-order valence-corrected chi connectivity index (χ2v) is 4.73. The van der Waals surface area contributed by atoms with Gasteiger partial charge in [0.15, 0.2) is 6.61 Å². The third-order valence-corrected chi connectivity index (χ3v) is 3.07. The van der Waals surface area contributed by atoms with E-state index in [2.05, 4.69) is 4.74 Å². The van der Waals surface area contributed by atoms with Crippen molar-refractivity contribution in [2.24, 2.45) is 0 Å². The highest BCUT2D eigenvalue weighted by molar-refractivity contribution is 5.64. The molecule has 0 unspecified atom stereocenters. The maximum atomic E-state index is 12.1. The Hall–Kier alpha value is -2.77. The second kappa shape index (κ2) is 6.55. The quantitative estimate of drug-likeness (QED) is 0.607. The minimum atomic E-state index is -4.38. The van der Waals surface area contributed by atoms with E-state index in [1.54, 1.807) is 36.2 Å². The molecule has 0 N–H and O–H groups in total. The molecule has 0 amide bonds. The number of alkyl halides is 3. The van der Waals surface area contributed by atoms with Gasteiger partial charge >= 0.3 is 6.18 Å². The maximum Gasteiger partial charge on any atom is 0.422 e. The lowest BCUT2D eigenvalue weighted by Crippen LogP contribution is -2.19. The summed E-state index contributed by atoms with van der Waals surface area (Å²) in [6.45, 7) is -1.34. The highest BCUT2D eigenvalue weighted by Crippen LogP contribution is 2.27. The van der Waals surface area contributed by atoms with E-state index in [4.69, 9.17) is 0 Å². The molecule has 0 fully saturated rings. The predicted octanol–water partition coefficient (Wildman–Crippen LogP) is 4.30. The van der Waals surface area contributed by atoms with Gasteiger partial charge in [0.1, 0.15) is 5.75 Å². The number of hydrogen-bond acceptors (Lipinski definition) is 4. The number of non-ortho nitro benzene ring substituents is 1. The molecule has 0 spiro atoms. The van der Waals surface area contributed by atoms with Crippen LogP contribution in [0.15, 0.2) is 48.5 Å². The predicted molar refractivity (Wildman–Crippen MR) is 79.2 cm³/mol. The van der Waals surface area contributed by atoms with Gasteiger partial charge in [-0.1, -0.05) is 0 Å². The minimum Gasteiger partial charge on any atom is -0.484 e. The van der Waals surface area contributed by atoms with Crippen LogP contribution in [0.1, 0.15) is 0 Å². The van der Waals surface area contributed by atoms with E-state index < -0.39 is 17.7 Å². The number of nitro groups is 1. The first-order valence-electron chi connectivity index (χ1n) is 6.54. The minimum absolute atomic E-state index is 0.0157. The lowest BCUT2D eigenvalue weighted by Gasteiger charge is -2.19. The molecule has 5 nitrogen and oxygen atoms in total. The Morgan fingerprint density at radius 1 is 1.04 bits per heavy atom. The number of ether oxygens (including phenoxy) is 1. The van der Waals surface area contributed by atoms with Crippen molar-refractivity contribution in [1.82, 2.24) is 0 Å². The first-order chi connectivity index (χ1) is 10.8. The zero-order valence-corrected chi connectivity index (χ0v) is 12.1. The third-order valence-electron chi connectivity index (χ3n) is 3.07. The molecule has 23 heavy (non-hydrogen) atoms. The van der Waals surface area contributed by atoms with Crippen LogP contribution in [0.25, 0.3) is 0 Å². The Bertz CT molecular complexity index is 670. The van der Waals surface area contributed by atoms with Gasteiger partial charge in [0.05, 0.1) is 4.92 Å². The normalized spacial score (nSPS) is 11.1. The van der Waals surface area contributed by atoms with Gasteiger partial charge in [-0.25, -0.2) is 0 Å². The van der Waals surface area contributed by atoms with Gasteiger partial charge in [-0.05, 0) is 36.4 Å². The summed E-state index contributed by atoms with van der Waals surface area (Å²) in [7, 11) is 1.74. The van der Waals surface area contributed by atoms with Gasteiger partial charge in [-0.15, -0.1) is 0 Å². The summed E-state index contributed by atoms with van der Waals surface area (Å²) in [5, 5.41) is 10.6. The molecular weight excluding hydrogens is 313 g/mol. The fourth-order valence-corrected chi connectivity index (χ4v) is 1.88. The van der Waals surface area contributed by atoms with Crippen molar-refractivity contribution < 1.29 is 22.8 Å². The van der Waals surface area contributed by atoms with Crippen molar-refractivity contribution in [3.63, 3.8) is 0 Å². The molecule has 0 radical (unpaired) electrons. The number of anilines is 2. The van der Waals surface area contributed by atoms with Crippen molar-refractivity contribution in [2.45, 2.75) is 6.18 Å². The van der Waals surface area contributed by atoms with E-state index in [1.807, 2.05) is 0 Å². The van der Waals surface area contributed by atoms with E-state index in [0.717, 1.165) is 0 Å². The van der Waals surface area contributed by atoms with Gasteiger partial charge in [-0.2, -0.15) is 13.2 Å². The molecule has 2 rings (SSSR count). The number of nitro benzene ring substituents is 1. The summed E-state index contributed by atoms with van der Waals surface area (Å²) >= 11 is 0. The average Bonchev–Trinajstić information content (AvgIpc) is 2.52. The van der Waals surface area contributed by atoms with E-state index in [-0.39, 0.29) is 11.4 Å². The van der Waals surface area contributed by atoms with Crippen LogP contribution in [0, 0.1) is 10.1 Å². The molecule has 0 atom stereocenters. The van der Waals surface area contributed by atoms with Crippen molar-refractivity contribution in [2.75, 3.05) is 18.6 Å². The van der Waals surface area contributed by atoms with Crippen molar-refractivity contribution in [3.8, 4) is 5.75 Å². The summed E-state index contributed by atoms with van der Waals surface area (Å²) in [4.78, 5) is 11.9. The van der Waals surface area contributed by atoms with Gasteiger partial charge in [-0.3, -0.25) is 10.1 Å². The summed E-state index contributed by atoms with van der Waals surface area (Å²) < 4.78 is 40.9. The van der Waals surface area contributed by atoms with E-state index in [9.17, 15) is 23.3 Å². The van der Waals surface area contributed by atoms with Crippen LogP contribution >= 0.6 is 0 Å². The zero-order valence-electron chi connectivity index (χ0n) is 12.1. The van der Waals surface area contributed by atoms with Crippen LogP contribution in [-0.4, -0.2) is 24.8 Å². The first kappa shape index (κ1) is 16.6. The van der Waals surface area contributed by atoms with Crippen LogP contribution < -0.4 is 9.64 Å². The molecule has 8 heteroatoms. The van der Waals surface area contributed by atoms with Gasteiger partial charge in [0, 0.05) is 30.6 Å². The number of nitrogens with zero attached hydrogens (tertiary/aromatic N) is 2. The van der Waals surface area contributed by atoms with Crippen LogP contribution in [0.3, 0.4) is 0 Å². The Balaban J connectivity index is 2.07. The van der Waals surface area contributed by atoms with Crippen LogP contribution in [0.5, 0.6) is 5.75 Å². The monoisotopic (exact) mass is 326 g/mol. The molecule has 0 saturated carbocycles. The van der Waals surface area contributed by atoms with Crippen LogP contribution in [-0.2, 0) is 0 Å². The summed E-state index contributed by atoms with van der Waals surface area (Å²) in [5.74, 6) is 0.114. The zero-order chi connectivity index (χ0) is 17.0. The van der Waals surface area contributed by atoms with Gasteiger partial charge in [0.2, 0.25) is 0 Å². The topological polar surface area (TPSA) is 55.6 Å². The summed E-state index contributed by atoms with van der Waals surface area (Å²) in [6, 6.07) is 12.0. The molecule has 0 saturated heterocycles. The number of rotatable bonds is 5. The van der Waals surface area contributed by atoms with E-state index in [0.29, 0.717) is 11.4 Å².